The summed E-state index contributed by atoms with van der Waals surface area (Å²) < 4.78 is 49.1. The summed E-state index contributed by atoms with van der Waals surface area (Å²) in [6.07, 6.45) is -4.48. The molecule has 1 heterocycles. The zero-order chi connectivity index (χ0) is 21.2. The first-order valence-corrected chi connectivity index (χ1v) is 9.23. The molecule has 0 fully saturated rings. The number of nitrogens with one attached hydrogen (secondary N) is 1. The minimum Gasteiger partial charge on any atom is -0.493 e. The van der Waals surface area contributed by atoms with Crippen molar-refractivity contribution in [3.8, 4) is 22.1 Å². The Balaban J connectivity index is 1.86. The second-order valence-corrected chi connectivity index (χ2v) is 7.04. The van der Waals surface area contributed by atoms with Gasteiger partial charge in [0.1, 0.15) is 9.88 Å². The molecule has 0 aliphatic rings. The minimum atomic E-state index is -4.48. The molecule has 5 nitrogen and oxygen atoms in total. The van der Waals surface area contributed by atoms with Crippen LogP contribution >= 0.6 is 11.3 Å². The fourth-order valence-electron chi connectivity index (χ4n) is 2.66. The number of thiazole rings is 1. The molecule has 2 aromatic carbocycles. The number of amides is 1. The van der Waals surface area contributed by atoms with Crippen molar-refractivity contribution in [2.75, 3.05) is 19.5 Å². The molecular formula is C20H17F3N2O3S. The van der Waals surface area contributed by atoms with Gasteiger partial charge in [0.15, 0.2) is 11.5 Å². The number of nitrogens with zero attached hydrogens (tertiary/aromatic N) is 1. The Morgan fingerprint density at radius 2 is 1.79 bits per heavy atom. The summed E-state index contributed by atoms with van der Waals surface area (Å²) in [6, 6.07) is 9.74. The predicted octanol–water partition coefficient (Wildman–Crippen LogP) is 5.41. The van der Waals surface area contributed by atoms with E-state index >= 15 is 0 Å². The van der Waals surface area contributed by atoms with Crippen LogP contribution in [0.15, 0.2) is 42.5 Å². The van der Waals surface area contributed by atoms with Crippen LogP contribution in [0.1, 0.15) is 20.9 Å². The lowest BCUT2D eigenvalue weighted by Gasteiger charge is -2.09. The number of carbonyl (C=O) groups excluding carboxylic acids is 1. The van der Waals surface area contributed by atoms with Gasteiger partial charge in [0.2, 0.25) is 0 Å². The normalized spacial score (nSPS) is 11.2. The number of rotatable bonds is 5. The Hall–Kier alpha value is -3.07. The molecule has 1 N–H and O–H groups in total. The standard InChI is InChI=1S/C20H17F3N2O3S/c1-11-17(18(26)25-14-6-4-5-13(10-14)20(21,22)23)29-19(24-11)12-7-8-15(27-2)16(9-12)28-3/h4-10H,1-3H3,(H,25,26). The second-order valence-electron chi connectivity index (χ2n) is 6.04. The van der Waals surface area contributed by atoms with Crippen molar-refractivity contribution < 1.29 is 27.4 Å². The van der Waals surface area contributed by atoms with E-state index in [1.807, 2.05) is 0 Å². The maximum Gasteiger partial charge on any atom is 0.416 e. The predicted molar refractivity (Wildman–Crippen MR) is 105 cm³/mol. The number of hydrogen-bond donors (Lipinski definition) is 1. The number of hydrogen-bond acceptors (Lipinski definition) is 5. The Kier molecular flexibility index (Phi) is 5.78. The molecule has 1 aromatic heterocycles. The maximum atomic E-state index is 12.9. The van der Waals surface area contributed by atoms with Crippen molar-refractivity contribution >= 4 is 22.9 Å². The number of aromatic nitrogens is 1. The largest absolute Gasteiger partial charge is 0.493 e. The van der Waals surface area contributed by atoms with E-state index in [0.717, 1.165) is 29.0 Å². The summed E-state index contributed by atoms with van der Waals surface area (Å²) in [6.45, 7) is 1.67. The van der Waals surface area contributed by atoms with Gasteiger partial charge in [-0.1, -0.05) is 6.07 Å². The van der Waals surface area contributed by atoms with E-state index in [0.29, 0.717) is 27.1 Å². The maximum absolute atomic E-state index is 12.9. The number of benzene rings is 2. The molecule has 1 amide bonds. The lowest BCUT2D eigenvalue weighted by Crippen LogP contribution is -2.13. The lowest BCUT2D eigenvalue weighted by atomic mass is 10.2. The highest BCUT2D eigenvalue weighted by molar-refractivity contribution is 7.17. The number of alkyl halides is 3. The van der Waals surface area contributed by atoms with Crippen molar-refractivity contribution in [1.29, 1.82) is 0 Å². The first kappa shape index (κ1) is 20.7. The summed E-state index contributed by atoms with van der Waals surface area (Å²) in [5.74, 6) is 0.561. The molecule has 9 heteroatoms. The summed E-state index contributed by atoms with van der Waals surface area (Å²) in [7, 11) is 3.05. The molecule has 0 saturated carbocycles. The Bertz CT molecular complexity index is 1050. The Labute approximate surface area is 169 Å². The highest BCUT2D eigenvalue weighted by Crippen LogP contribution is 2.35. The Morgan fingerprint density at radius 3 is 2.45 bits per heavy atom. The monoisotopic (exact) mass is 422 g/mol. The quantitative estimate of drug-likeness (QED) is 0.598. The van der Waals surface area contributed by atoms with E-state index in [2.05, 4.69) is 10.3 Å². The molecule has 0 bridgehead atoms. The van der Waals surface area contributed by atoms with Gasteiger partial charge in [-0.2, -0.15) is 13.2 Å². The van der Waals surface area contributed by atoms with Gasteiger partial charge >= 0.3 is 6.18 Å². The number of anilines is 1. The van der Waals surface area contributed by atoms with Crippen LogP contribution < -0.4 is 14.8 Å². The van der Waals surface area contributed by atoms with Gasteiger partial charge in [0.25, 0.3) is 5.91 Å². The summed E-state index contributed by atoms with van der Waals surface area (Å²) in [5, 5.41) is 3.09. The van der Waals surface area contributed by atoms with Gasteiger partial charge in [-0.05, 0) is 43.3 Å². The van der Waals surface area contributed by atoms with Crippen LogP contribution in [0.3, 0.4) is 0 Å². The van der Waals surface area contributed by atoms with Crippen LogP contribution in [0.4, 0.5) is 18.9 Å². The van der Waals surface area contributed by atoms with Crippen LogP contribution in [-0.4, -0.2) is 25.1 Å². The third kappa shape index (κ3) is 4.51. The lowest BCUT2D eigenvalue weighted by molar-refractivity contribution is -0.137. The molecule has 0 saturated heterocycles. The van der Waals surface area contributed by atoms with Crippen LogP contribution in [0.5, 0.6) is 11.5 Å². The van der Waals surface area contributed by atoms with Gasteiger partial charge in [-0.25, -0.2) is 4.98 Å². The number of halogens is 3. The molecule has 3 rings (SSSR count). The Morgan fingerprint density at radius 1 is 1.07 bits per heavy atom. The van der Waals surface area contributed by atoms with Crippen LogP contribution in [0.25, 0.3) is 10.6 Å². The summed E-state index contributed by atoms with van der Waals surface area (Å²) in [5.41, 5.74) is 0.436. The smallest absolute Gasteiger partial charge is 0.416 e. The van der Waals surface area contributed by atoms with Gasteiger partial charge < -0.3 is 14.8 Å². The number of carbonyl (C=O) groups is 1. The van der Waals surface area contributed by atoms with Crippen molar-refractivity contribution in [2.45, 2.75) is 13.1 Å². The molecule has 0 aliphatic heterocycles. The number of ether oxygens (including phenoxy) is 2. The van der Waals surface area contributed by atoms with Gasteiger partial charge in [-0.15, -0.1) is 11.3 Å². The average Bonchev–Trinajstić information content (AvgIpc) is 3.08. The molecule has 0 unspecified atom stereocenters. The fourth-order valence-corrected chi connectivity index (χ4v) is 3.62. The third-order valence-corrected chi connectivity index (χ3v) is 5.29. The van der Waals surface area contributed by atoms with Gasteiger partial charge in [-0.3, -0.25) is 4.79 Å². The fraction of sp³-hybridized carbons (Fsp3) is 0.200. The van der Waals surface area contributed by atoms with Crippen LogP contribution in [0.2, 0.25) is 0 Å². The van der Waals surface area contributed by atoms with Gasteiger partial charge in [0.05, 0.1) is 25.5 Å². The van der Waals surface area contributed by atoms with Crippen LogP contribution in [-0.2, 0) is 6.18 Å². The zero-order valence-electron chi connectivity index (χ0n) is 15.8. The van der Waals surface area contributed by atoms with E-state index in [1.165, 1.54) is 26.4 Å². The van der Waals surface area contributed by atoms with Crippen molar-refractivity contribution in [1.82, 2.24) is 4.98 Å². The zero-order valence-corrected chi connectivity index (χ0v) is 16.6. The molecule has 0 radical (unpaired) electrons. The molecule has 152 valence electrons. The van der Waals surface area contributed by atoms with Crippen molar-refractivity contribution in [2.24, 2.45) is 0 Å². The minimum absolute atomic E-state index is 0.0605. The van der Waals surface area contributed by atoms with E-state index in [9.17, 15) is 18.0 Å². The molecular weight excluding hydrogens is 405 g/mol. The molecule has 3 aromatic rings. The molecule has 0 atom stereocenters. The first-order valence-electron chi connectivity index (χ1n) is 8.41. The van der Waals surface area contributed by atoms with Gasteiger partial charge in [0, 0.05) is 11.3 Å². The number of aryl methyl sites for hydroxylation is 1. The molecule has 29 heavy (non-hydrogen) atoms. The van der Waals surface area contributed by atoms with E-state index in [1.54, 1.807) is 25.1 Å². The van der Waals surface area contributed by atoms with Crippen LogP contribution in [0, 0.1) is 6.92 Å². The SMILES string of the molecule is COc1ccc(-c2nc(C)c(C(=O)Nc3cccc(C(F)(F)F)c3)s2)cc1OC. The average molecular weight is 422 g/mol. The highest BCUT2D eigenvalue weighted by atomic mass is 32.1. The highest BCUT2D eigenvalue weighted by Gasteiger charge is 2.30. The van der Waals surface area contributed by atoms with E-state index in [-0.39, 0.29) is 5.69 Å². The number of methoxy groups -OCH3 is 2. The van der Waals surface area contributed by atoms with E-state index in [4.69, 9.17) is 9.47 Å². The summed E-state index contributed by atoms with van der Waals surface area (Å²) in [4.78, 5) is 17.3. The molecule has 0 spiro atoms. The van der Waals surface area contributed by atoms with Crippen molar-refractivity contribution in [3.05, 3.63) is 58.6 Å². The van der Waals surface area contributed by atoms with Crippen molar-refractivity contribution in [3.63, 3.8) is 0 Å². The molecule has 0 aliphatic carbocycles. The van der Waals surface area contributed by atoms with E-state index < -0.39 is 17.6 Å². The topological polar surface area (TPSA) is 60.5 Å². The summed E-state index contributed by atoms with van der Waals surface area (Å²) >= 11 is 1.14. The second kappa shape index (κ2) is 8.12. The third-order valence-electron chi connectivity index (χ3n) is 4.08. The first-order chi connectivity index (χ1) is 13.7.